The van der Waals surface area contributed by atoms with Gasteiger partial charge in [0.05, 0.1) is 17.3 Å². The Balaban J connectivity index is 1.87. The van der Waals surface area contributed by atoms with Gasteiger partial charge in [0, 0.05) is 5.69 Å². The van der Waals surface area contributed by atoms with Gasteiger partial charge in [-0.3, -0.25) is 9.69 Å². The molecule has 0 unspecified atom stereocenters. The molecule has 0 aromatic heterocycles. The zero-order valence-corrected chi connectivity index (χ0v) is 13.5. The average molecular weight is 310 g/mol. The molecule has 1 aromatic rings. The summed E-state index contributed by atoms with van der Waals surface area (Å²) in [4.78, 5) is 14.3. The number of carbonyl (C=O) groups is 1. The average Bonchev–Trinajstić information content (AvgIpc) is 2.46. The molecule has 2 rings (SSSR count). The van der Waals surface area contributed by atoms with Gasteiger partial charge < -0.3 is 11.1 Å². The normalized spacial score (nSPS) is 18.4. The Hall–Kier alpha value is -1.26. The van der Waals surface area contributed by atoms with E-state index in [9.17, 15) is 4.79 Å². The van der Waals surface area contributed by atoms with Crippen LogP contribution in [-0.4, -0.2) is 30.4 Å². The number of nitrogens with zero attached hydrogens (tertiary/aromatic N) is 1. The third-order valence-electron chi connectivity index (χ3n) is 4.55. The van der Waals surface area contributed by atoms with Gasteiger partial charge in [-0.05, 0) is 49.5 Å². The van der Waals surface area contributed by atoms with Crippen molar-refractivity contribution in [1.82, 2.24) is 4.90 Å². The van der Waals surface area contributed by atoms with Crippen molar-refractivity contribution >= 4 is 28.9 Å². The molecule has 1 saturated heterocycles. The van der Waals surface area contributed by atoms with Crippen LogP contribution in [0.3, 0.4) is 0 Å². The predicted molar refractivity (Wildman–Crippen MR) is 88.6 cm³/mol. The van der Waals surface area contributed by atoms with Crippen LogP contribution in [0.5, 0.6) is 0 Å². The van der Waals surface area contributed by atoms with Crippen LogP contribution >= 0.6 is 11.6 Å². The lowest BCUT2D eigenvalue weighted by Gasteiger charge is -2.38. The first-order valence-corrected chi connectivity index (χ1v) is 7.87. The molecule has 21 heavy (non-hydrogen) atoms. The Kier molecular flexibility index (Phi) is 5.12. The molecule has 1 amide bonds. The second kappa shape index (κ2) is 6.67. The van der Waals surface area contributed by atoms with Crippen molar-refractivity contribution in [1.29, 1.82) is 0 Å². The van der Waals surface area contributed by atoms with E-state index in [2.05, 4.69) is 24.1 Å². The third kappa shape index (κ3) is 4.35. The smallest absolute Gasteiger partial charge is 0.238 e. The summed E-state index contributed by atoms with van der Waals surface area (Å²) < 4.78 is 0. The van der Waals surface area contributed by atoms with Crippen molar-refractivity contribution in [3.8, 4) is 0 Å². The number of hydrogen-bond acceptors (Lipinski definition) is 3. The van der Waals surface area contributed by atoms with Gasteiger partial charge in [0.15, 0.2) is 0 Å². The van der Waals surface area contributed by atoms with Gasteiger partial charge >= 0.3 is 0 Å². The van der Waals surface area contributed by atoms with Gasteiger partial charge in [0.1, 0.15) is 0 Å². The van der Waals surface area contributed by atoms with Gasteiger partial charge in [-0.15, -0.1) is 0 Å². The van der Waals surface area contributed by atoms with Crippen LogP contribution < -0.4 is 11.1 Å². The van der Waals surface area contributed by atoms with Crippen LogP contribution in [0, 0.1) is 5.41 Å². The number of nitrogens with two attached hydrogens (primary N) is 1. The van der Waals surface area contributed by atoms with Gasteiger partial charge in [-0.25, -0.2) is 0 Å². The van der Waals surface area contributed by atoms with Gasteiger partial charge in [-0.1, -0.05) is 31.9 Å². The number of benzene rings is 1. The Morgan fingerprint density at radius 1 is 1.43 bits per heavy atom. The second-order valence-electron chi connectivity index (χ2n) is 6.23. The summed E-state index contributed by atoms with van der Waals surface area (Å²) in [7, 11) is 0. The molecule has 3 N–H and O–H groups in total. The number of nitrogens with one attached hydrogen (secondary N) is 1. The standard InChI is InChI=1S/C16H24ClN3O/c1-3-16(2)6-8-20(9-7-16)11-15(21)19-14-10-12(18)4-5-13(14)17/h4-5,10H,3,6-9,11,18H2,1-2H3,(H,19,21). The van der Waals surface area contributed by atoms with E-state index in [0.29, 0.717) is 28.4 Å². The Labute approximate surface area is 131 Å². The largest absolute Gasteiger partial charge is 0.399 e. The number of piperidine rings is 1. The quantitative estimate of drug-likeness (QED) is 0.838. The molecular weight excluding hydrogens is 286 g/mol. The van der Waals surface area contributed by atoms with E-state index in [0.717, 1.165) is 25.9 Å². The van der Waals surface area contributed by atoms with Crippen LogP contribution in [0.4, 0.5) is 11.4 Å². The lowest BCUT2D eigenvalue weighted by molar-refractivity contribution is -0.117. The van der Waals surface area contributed by atoms with Crippen molar-refractivity contribution in [2.45, 2.75) is 33.1 Å². The Morgan fingerprint density at radius 2 is 2.10 bits per heavy atom. The maximum Gasteiger partial charge on any atom is 0.238 e. The summed E-state index contributed by atoms with van der Waals surface area (Å²) >= 11 is 6.06. The van der Waals surface area contributed by atoms with Crippen molar-refractivity contribution in [3.63, 3.8) is 0 Å². The van der Waals surface area contributed by atoms with E-state index in [1.165, 1.54) is 6.42 Å². The zero-order chi connectivity index (χ0) is 15.5. The fraction of sp³-hybridized carbons (Fsp3) is 0.562. The number of nitrogen functional groups attached to an aromatic ring is 1. The maximum absolute atomic E-state index is 12.1. The van der Waals surface area contributed by atoms with Gasteiger partial charge in [0.25, 0.3) is 0 Å². The fourth-order valence-electron chi connectivity index (χ4n) is 2.64. The molecule has 0 spiro atoms. The van der Waals surface area contributed by atoms with Crippen molar-refractivity contribution < 1.29 is 4.79 Å². The van der Waals surface area contributed by atoms with Crippen LogP contribution in [-0.2, 0) is 4.79 Å². The highest BCUT2D eigenvalue weighted by atomic mass is 35.5. The number of rotatable bonds is 4. The van der Waals surface area contributed by atoms with Crippen molar-refractivity contribution in [2.24, 2.45) is 5.41 Å². The molecule has 0 bridgehead atoms. The molecule has 0 aliphatic carbocycles. The number of hydrogen-bond donors (Lipinski definition) is 2. The first kappa shape index (κ1) is 16.1. The van der Waals surface area contributed by atoms with Crippen LogP contribution in [0.1, 0.15) is 33.1 Å². The third-order valence-corrected chi connectivity index (χ3v) is 4.88. The van der Waals surface area contributed by atoms with Crippen molar-refractivity contribution in [2.75, 3.05) is 30.7 Å². The molecule has 1 fully saturated rings. The number of halogens is 1. The van der Waals surface area contributed by atoms with Crippen LogP contribution in [0.15, 0.2) is 18.2 Å². The minimum Gasteiger partial charge on any atom is -0.399 e. The van der Waals surface area contributed by atoms with Crippen LogP contribution in [0.2, 0.25) is 5.02 Å². The summed E-state index contributed by atoms with van der Waals surface area (Å²) in [6.07, 6.45) is 3.50. The molecule has 1 aliphatic rings. The second-order valence-corrected chi connectivity index (χ2v) is 6.64. The first-order chi connectivity index (χ1) is 9.92. The van der Waals surface area contributed by atoms with E-state index >= 15 is 0 Å². The summed E-state index contributed by atoms with van der Waals surface area (Å²) in [6, 6.07) is 5.10. The van der Waals surface area contributed by atoms with E-state index in [1.807, 2.05) is 0 Å². The summed E-state index contributed by atoms with van der Waals surface area (Å²) in [5.74, 6) is -0.0393. The molecule has 1 heterocycles. The minimum atomic E-state index is -0.0393. The Morgan fingerprint density at radius 3 is 2.71 bits per heavy atom. The summed E-state index contributed by atoms with van der Waals surface area (Å²) in [5, 5.41) is 3.35. The molecule has 0 radical (unpaired) electrons. The zero-order valence-electron chi connectivity index (χ0n) is 12.8. The molecule has 0 atom stereocenters. The molecule has 5 heteroatoms. The van der Waals surface area contributed by atoms with E-state index in [-0.39, 0.29) is 5.91 Å². The molecule has 116 valence electrons. The monoisotopic (exact) mass is 309 g/mol. The first-order valence-electron chi connectivity index (χ1n) is 7.49. The molecule has 1 aliphatic heterocycles. The number of carbonyl (C=O) groups excluding carboxylic acids is 1. The molecule has 1 aromatic carbocycles. The van der Waals surface area contributed by atoms with E-state index in [4.69, 9.17) is 17.3 Å². The SMILES string of the molecule is CCC1(C)CCN(CC(=O)Nc2cc(N)ccc2Cl)CC1. The predicted octanol–water partition coefficient (Wildman–Crippen LogP) is 3.37. The molecule has 4 nitrogen and oxygen atoms in total. The summed E-state index contributed by atoms with van der Waals surface area (Å²) in [6.45, 7) is 6.93. The van der Waals surface area contributed by atoms with Gasteiger partial charge in [-0.2, -0.15) is 0 Å². The number of amides is 1. The lowest BCUT2D eigenvalue weighted by Crippen LogP contribution is -2.42. The van der Waals surface area contributed by atoms with E-state index < -0.39 is 0 Å². The maximum atomic E-state index is 12.1. The molecular formula is C16H24ClN3O. The summed E-state index contributed by atoms with van der Waals surface area (Å²) in [5.41, 5.74) is 7.32. The molecule has 0 saturated carbocycles. The Bertz CT molecular complexity index is 510. The number of likely N-dealkylation sites (tertiary alicyclic amines) is 1. The fourth-order valence-corrected chi connectivity index (χ4v) is 2.80. The highest BCUT2D eigenvalue weighted by molar-refractivity contribution is 6.33. The van der Waals surface area contributed by atoms with Gasteiger partial charge in [0.2, 0.25) is 5.91 Å². The van der Waals surface area contributed by atoms with Crippen LogP contribution in [0.25, 0.3) is 0 Å². The lowest BCUT2D eigenvalue weighted by atomic mass is 9.78. The minimum absolute atomic E-state index is 0.0393. The topological polar surface area (TPSA) is 58.4 Å². The van der Waals surface area contributed by atoms with E-state index in [1.54, 1.807) is 18.2 Å². The number of anilines is 2. The highest BCUT2D eigenvalue weighted by Gasteiger charge is 2.28. The van der Waals surface area contributed by atoms with Crippen molar-refractivity contribution in [3.05, 3.63) is 23.2 Å². The highest BCUT2D eigenvalue weighted by Crippen LogP contribution is 2.33.